The van der Waals surface area contributed by atoms with Crippen LogP contribution in [0.1, 0.15) is 16.7 Å². The van der Waals surface area contributed by atoms with Gasteiger partial charge in [0.2, 0.25) is 0 Å². The Bertz CT molecular complexity index is 1490. The molecule has 154 valence electrons. The number of nitrogens with zero attached hydrogens (tertiary/aromatic N) is 3. The average molecular weight is 432 g/mol. The number of aryl methyl sites for hydroxylation is 1. The summed E-state index contributed by atoms with van der Waals surface area (Å²) in [4.78, 5) is 18.2. The highest BCUT2D eigenvalue weighted by atomic mass is 35.5. The summed E-state index contributed by atoms with van der Waals surface area (Å²) < 4.78 is 17.1. The van der Waals surface area contributed by atoms with Gasteiger partial charge in [-0.1, -0.05) is 59.6 Å². The zero-order chi connectivity index (χ0) is 21.5. The molecule has 0 atom stereocenters. The number of hydrogen-bond donors (Lipinski definition) is 0. The highest BCUT2D eigenvalue weighted by molar-refractivity contribution is 6.31. The van der Waals surface area contributed by atoms with E-state index in [0.717, 1.165) is 27.6 Å². The maximum Gasteiger partial charge on any atom is 0.278 e. The topological polar surface area (TPSA) is 39.8 Å². The Morgan fingerprint density at radius 3 is 2.58 bits per heavy atom. The molecule has 0 N–H and O–H groups in total. The summed E-state index contributed by atoms with van der Waals surface area (Å²) in [6, 6.07) is 20.2. The average Bonchev–Trinajstić information content (AvgIpc) is 3.06. The number of aromatic nitrogens is 3. The largest absolute Gasteiger partial charge is 0.330 e. The summed E-state index contributed by atoms with van der Waals surface area (Å²) in [5.74, 6) is -0.390. The van der Waals surface area contributed by atoms with Gasteiger partial charge in [-0.25, -0.2) is 9.37 Å². The van der Waals surface area contributed by atoms with E-state index in [9.17, 15) is 9.18 Å². The van der Waals surface area contributed by atoms with Gasteiger partial charge in [-0.2, -0.15) is 0 Å². The van der Waals surface area contributed by atoms with Crippen LogP contribution in [0.2, 0.25) is 5.02 Å². The molecule has 0 aliphatic heterocycles. The second-order valence-electron chi connectivity index (χ2n) is 7.70. The molecule has 0 aliphatic carbocycles. The van der Waals surface area contributed by atoms with Gasteiger partial charge in [0.15, 0.2) is 0 Å². The van der Waals surface area contributed by atoms with Gasteiger partial charge in [0.1, 0.15) is 16.9 Å². The molecule has 0 fully saturated rings. The summed E-state index contributed by atoms with van der Waals surface area (Å²) >= 11 is 6.30. The van der Waals surface area contributed by atoms with Crippen molar-refractivity contribution in [2.75, 3.05) is 0 Å². The first-order valence-corrected chi connectivity index (χ1v) is 10.3. The third-order valence-electron chi connectivity index (χ3n) is 5.52. The molecule has 2 aromatic heterocycles. The summed E-state index contributed by atoms with van der Waals surface area (Å²) in [7, 11) is 0. The molecule has 5 rings (SSSR count). The number of benzene rings is 3. The van der Waals surface area contributed by atoms with Crippen LogP contribution in [0.4, 0.5) is 4.39 Å². The minimum Gasteiger partial charge on any atom is -0.330 e. The van der Waals surface area contributed by atoms with E-state index < -0.39 is 5.82 Å². The quantitative estimate of drug-likeness (QED) is 0.374. The molecule has 3 aromatic carbocycles. The first-order valence-electron chi connectivity index (χ1n) is 9.97. The molecule has 6 heteroatoms. The molecule has 5 aromatic rings. The lowest BCUT2D eigenvalue weighted by molar-refractivity contribution is 0.626. The van der Waals surface area contributed by atoms with Gasteiger partial charge in [0, 0.05) is 17.0 Å². The highest BCUT2D eigenvalue weighted by Gasteiger charge is 2.18. The van der Waals surface area contributed by atoms with E-state index in [2.05, 4.69) is 4.98 Å². The predicted octanol–water partition coefficient (Wildman–Crippen LogP) is 5.55. The molecule has 31 heavy (non-hydrogen) atoms. The van der Waals surface area contributed by atoms with Crippen LogP contribution < -0.4 is 5.56 Å². The van der Waals surface area contributed by atoms with Gasteiger partial charge in [-0.15, -0.1) is 0 Å². The number of rotatable bonds is 4. The van der Waals surface area contributed by atoms with Crippen LogP contribution >= 0.6 is 11.6 Å². The van der Waals surface area contributed by atoms with Crippen LogP contribution in [0.15, 0.2) is 77.9 Å². The standard InChI is InChI=1S/C25H19ClFN3O/c1-16-7-10-22-20(11-16)23-24(30(22)14-18-8-9-19(27)12-21(18)26)25(31)29(15-28-23)13-17-5-3-2-4-6-17/h2-12,15H,13-14H2,1H3. The monoisotopic (exact) mass is 431 g/mol. The highest BCUT2D eigenvalue weighted by Crippen LogP contribution is 2.29. The summed E-state index contributed by atoms with van der Waals surface area (Å²) in [6.07, 6.45) is 1.61. The van der Waals surface area contributed by atoms with Crippen molar-refractivity contribution in [3.8, 4) is 0 Å². The molecule has 2 heterocycles. The minimum atomic E-state index is -0.390. The molecular weight excluding hydrogens is 413 g/mol. The van der Waals surface area contributed by atoms with Crippen molar-refractivity contribution >= 4 is 33.5 Å². The van der Waals surface area contributed by atoms with Gasteiger partial charge >= 0.3 is 0 Å². The Balaban J connectivity index is 1.74. The molecule has 0 saturated carbocycles. The maximum absolute atomic E-state index is 13.5. The van der Waals surface area contributed by atoms with Crippen LogP contribution in [0, 0.1) is 12.7 Å². The van der Waals surface area contributed by atoms with Crippen LogP contribution in [0.3, 0.4) is 0 Å². The van der Waals surface area contributed by atoms with Gasteiger partial charge in [0.25, 0.3) is 5.56 Å². The molecule has 4 nitrogen and oxygen atoms in total. The molecule has 0 spiro atoms. The normalized spacial score (nSPS) is 11.5. The van der Waals surface area contributed by atoms with E-state index in [0.29, 0.717) is 29.1 Å². The van der Waals surface area contributed by atoms with E-state index in [1.165, 1.54) is 12.1 Å². The Morgan fingerprint density at radius 2 is 1.81 bits per heavy atom. The Morgan fingerprint density at radius 1 is 1.00 bits per heavy atom. The predicted molar refractivity (Wildman–Crippen MR) is 122 cm³/mol. The van der Waals surface area contributed by atoms with E-state index >= 15 is 0 Å². The lowest BCUT2D eigenvalue weighted by atomic mass is 10.1. The van der Waals surface area contributed by atoms with E-state index in [-0.39, 0.29) is 5.56 Å². The van der Waals surface area contributed by atoms with Crippen molar-refractivity contribution in [2.24, 2.45) is 0 Å². The zero-order valence-electron chi connectivity index (χ0n) is 16.8. The van der Waals surface area contributed by atoms with Gasteiger partial charge in [0.05, 0.1) is 18.4 Å². The lowest BCUT2D eigenvalue weighted by Gasteiger charge is -2.11. The first-order chi connectivity index (χ1) is 15.0. The zero-order valence-corrected chi connectivity index (χ0v) is 17.6. The molecule has 0 bridgehead atoms. The number of halogens is 2. The van der Waals surface area contributed by atoms with Crippen molar-refractivity contribution in [1.82, 2.24) is 14.1 Å². The lowest BCUT2D eigenvalue weighted by Crippen LogP contribution is -2.23. The first kappa shape index (κ1) is 19.5. The van der Waals surface area contributed by atoms with Crippen molar-refractivity contribution in [3.63, 3.8) is 0 Å². The maximum atomic E-state index is 13.5. The Kier molecular flexibility index (Phi) is 4.83. The fourth-order valence-corrected chi connectivity index (χ4v) is 4.22. The Labute approximate surface area is 183 Å². The van der Waals surface area contributed by atoms with Crippen molar-refractivity contribution in [1.29, 1.82) is 0 Å². The second kappa shape index (κ2) is 7.67. The van der Waals surface area contributed by atoms with Gasteiger partial charge < -0.3 is 4.57 Å². The van der Waals surface area contributed by atoms with Crippen LogP contribution in [-0.4, -0.2) is 14.1 Å². The second-order valence-corrected chi connectivity index (χ2v) is 8.11. The molecule has 0 amide bonds. The number of hydrogen-bond acceptors (Lipinski definition) is 2. The molecule has 0 radical (unpaired) electrons. The van der Waals surface area contributed by atoms with Crippen LogP contribution in [0.25, 0.3) is 21.9 Å². The molecule has 0 aliphatic rings. The van der Waals surface area contributed by atoms with Crippen LogP contribution in [0.5, 0.6) is 0 Å². The third kappa shape index (κ3) is 3.51. The fraction of sp³-hybridized carbons (Fsp3) is 0.120. The molecule has 0 saturated heterocycles. The van der Waals surface area contributed by atoms with Gasteiger partial charge in [-0.3, -0.25) is 9.36 Å². The van der Waals surface area contributed by atoms with E-state index in [1.807, 2.05) is 60.0 Å². The summed E-state index contributed by atoms with van der Waals surface area (Å²) in [5.41, 5.74) is 4.78. The van der Waals surface area contributed by atoms with Crippen molar-refractivity contribution in [2.45, 2.75) is 20.0 Å². The third-order valence-corrected chi connectivity index (χ3v) is 5.87. The van der Waals surface area contributed by atoms with Crippen LogP contribution in [-0.2, 0) is 13.1 Å². The van der Waals surface area contributed by atoms with Gasteiger partial charge in [-0.05, 0) is 42.3 Å². The fourth-order valence-electron chi connectivity index (χ4n) is 3.99. The summed E-state index contributed by atoms with van der Waals surface area (Å²) in [5, 5.41) is 1.24. The molecular formula is C25H19ClFN3O. The van der Waals surface area contributed by atoms with Crippen molar-refractivity contribution in [3.05, 3.63) is 111 Å². The number of fused-ring (bicyclic) bond motifs is 3. The SMILES string of the molecule is Cc1ccc2c(c1)c1ncn(Cc3ccccc3)c(=O)c1n2Cc1ccc(F)cc1Cl. The molecule has 0 unspecified atom stereocenters. The Hall–Kier alpha value is -3.44. The smallest absolute Gasteiger partial charge is 0.278 e. The summed E-state index contributed by atoms with van der Waals surface area (Å²) in [6.45, 7) is 2.78. The minimum absolute atomic E-state index is 0.124. The van der Waals surface area contributed by atoms with Crippen molar-refractivity contribution < 1.29 is 4.39 Å². The van der Waals surface area contributed by atoms with E-state index in [1.54, 1.807) is 17.0 Å². The van der Waals surface area contributed by atoms with E-state index in [4.69, 9.17) is 11.6 Å².